The third-order valence-corrected chi connectivity index (χ3v) is 3.75. The van der Waals surface area contributed by atoms with Gasteiger partial charge in [-0.15, -0.1) is 0 Å². The topological polar surface area (TPSA) is 19.4 Å². The molecule has 1 saturated heterocycles. The van der Waals surface area contributed by atoms with Crippen LogP contribution in [0.15, 0.2) is 18.3 Å². The monoisotopic (exact) mass is 233 g/mol. The number of rotatable bonds is 3. The van der Waals surface area contributed by atoms with Crippen LogP contribution in [-0.2, 0) is 0 Å². The van der Waals surface area contributed by atoms with E-state index < -0.39 is 0 Å². The molecular weight excluding hydrogens is 210 g/mol. The molecule has 1 aromatic heterocycles. The van der Waals surface area contributed by atoms with Crippen LogP contribution in [-0.4, -0.2) is 32.2 Å². The van der Waals surface area contributed by atoms with Gasteiger partial charge in [-0.1, -0.05) is 13.3 Å². The van der Waals surface area contributed by atoms with Gasteiger partial charge in [0.1, 0.15) is 5.82 Å². The molecule has 0 saturated carbocycles. The zero-order chi connectivity index (χ0) is 12.3. The van der Waals surface area contributed by atoms with Crippen LogP contribution in [0.3, 0.4) is 0 Å². The Morgan fingerprint density at radius 3 is 2.47 bits per heavy atom. The molecule has 0 spiro atoms. The van der Waals surface area contributed by atoms with Gasteiger partial charge in [0.25, 0.3) is 0 Å². The molecule has 1 aromatic rings. The van der Waals surface area contributed by atoms with Crippen LogP contribution < -0.4 is 9.80 Å². The number of nitrogens with zero attached hydrogens (tertiary/aromatic N) is 3. The van der Waals surface area contributed by atoms with E-state index in [0.29, 0.717) is 0 Å². The third-order valence-electron chi connectivity index (χ3n) is 3.75. The summed E-state index contributed by atoms with van der Waals surface area (Å²) < 4.78 is 0. The van der Waals surface area contributed by atoms with Crippen molar-refractivity contribution in [2.24, 2.45) is 5.92 Å². The molecule has 0 aromatic carbocycles. The second-order valence-electron chi connectivity index (χ2n) is 5.11. The summed E-state index contributed by atoms with van der Waals surface area (Å²) in [5.41, 5.74) is 1.27. The van der Waals surface area contributed by atoms with Crippen molar-refractivity contribution >= 4 is 11.5 Å². The fourth-order valence-corrected chi connectivity index (χ4v) is 2.43. The fourth-order valence-electron chi connectivity index (χ4n) is 2.43. The Bertz CT molecular complexity index is 337. The van der Waals surface area contributed by atoms with E-state index in [2.05, 4.69) is 28.9 Å². The van der Waals surface area contributed by atoms with Crippen molar-refractivity contribution in [3.05, 3.63) is 18.3 Å². The Kier molecular flexibility index (Phi) is 3.87. The van der Waals surface area contributed by atoms with Crippen molar-refractivity contribution in [2.75, 3.05) is 37.0 Å². The zero-order valence-electron chi connectivity index (χ0n) is 11.2. The lowest BCUT2D eigenvalue weighted by molar-refractivity contribution is 0.395. The first kappa shape index (κ1) is 12.2. The molecule has 1 aliphatic rings. The molecule has 0 amide bonds. The number of piperidine rings is 1. The lowest BCUT2D eigenvalue weighted by Crippen LogP contribution is -2.33. The summed E-state index contributed by atoms with van der Waals surface area (Å²) in [6.07, 6.45) is 5.98. The molecule has 2 heterocycles. The molecule has 17 heavy (non-hydrogen) atoms. The highest BCUT2D eigenvalue weighted by Gasteiger charge is 2.18. The van der Waals surface area contributed by atoms with Gasteiger partial charge in [-0.2, -0.15) is 0 Å². The molecule has 94 valence electrons. The highest BCUT2D eigenvalue weighted by Crippen LogP contribution is 2.25. The van der Waals surface area contributed by atoms with E-state index in [4.69, 9.17) is 0 Å². The van der Waals surface area contributed by atoms with Crippen LogP contribution >= 0.6 is 0 Å². The normalized spacial score (nSPS) is 17.2. The molecule has 0 bridgehead atoms. The van der Waals surface area contributed by atoms with Gasteiger partial charge in [-0.25, -0.2) is 4.98 Å². The quantitative estimate of drug-likeness (QED) is 0.800. The Labute approximate surface area is 104 Å². The Balaban J connectivity index is 1.99. The van der Waals surface area contributed by atoms with Crippen molar-refractivity contribution in [2.45, 2.75) is 26.2 Å². The van der Waals surface area contributed by atoms with E-state index in [9.17, 15) is 0 Å². The minimum Gasteiger partial charge on any atom is -0.370 e. The van der Waals surface area contributed by atoms with E-state index in [-0.39, 0.29) is 0 Å². The minimum atomic E-state index is 0.931. The van der Waals surface area contributed by atoms with Gasteiger partial charge in [0.05, 0.1) is 11.9 Å². The summed E-state index contributed by atoms with van der Waals surface area (Å²) >= 11 is 0. The van der Waals surface area contributed by atoms with Crippen LogP contribution in [0.1, 0.15) is 26.2 Å². The second-order valence-corrected chi connectivity index (χ2v) is 5.11. The van der Waals surface area contributed by atoms with Gasteiger partial charge in [-0.3, -0.25) is 0 Å². The number of anilines is 2. The van der Waals surface area contributed by atoms with Crippen LogP contribution in [0.4, 0.5) is 11.5 Å². The standard InChI is InChI=1S/C14H23N3/c1-4-12-7-9-17(10-8-12)13-5-6-14(15-11-13)16(2)3/h5-6,11-12H,4,7-10H2,1-3H3. The number of aromatic nitrogens is 1. The summed E-state index contributed by atoms with van der Waals surface area (Å²) in [7, 11) is 4.05. The van der Waals surface area contributed by atoms with Crippen LogP contribution in [0, 0.1) is 5.92 Å². The van der Waals surface area contributed by atoms with Crippen molar-refractivity contribution in [3.8, 4) is 0 Å². The molecular formula is C14H23N3. The van der Waals surface area contributed by atoms with Crippen molar-refractivity contribution in [3.63, 3.8) is 0 Å². The summed E-state index contributed by atoms with van der Waals surface area (Å²) in [5, 5.41) is 0. The minimum absolute atomic E-state index is 0.931. The largest absolute Gasteiger partial charge is 0.370 e. The predicted octanol–water partition coefficient (Wildman–Crippen LogP) is 2.77. The first-order valence-corrected chi connectivity index (χ1v) is 6.59. The molecule has 0 N–H and O–H groups in total. The second kappa shape index (κ2) is 5.39. The van der Waals surface area contributed by atoms with Crippen molar-refractivity contribution in [1.82, 2.24) is 4.98 Å². The summed E-state index contributed by atoms with van der Waals surface area (Å²) in [6, 6.07) is 4.29. The van der Waals surface area contributed by atoms with Crippen LogP contribution in [0.5, 0.6) is 0 Å². The lowest BCUT2D eigenvalue weighted by atomic mass is 9.94. The van der Waals surface area contributed by atoms with E-state index >= 15 is 0 Å². The molecule has 2 rings (SSSR count). The van der Waals surface area contributed by atoms with Gasteiger partial charge in [0.2, 0.25) is 0 Å². The number of hydrogen-bond donors (Lipinski definition) is 0. The van der Waals surface area contributed by atoms with Gasteiger partial charge >= 0.3 is 0 Å². The number of pyridine rings is 1. The predicted molar refractivity (Wildman–Crippen MR) is 73.8 cm³/mol. The van der Waals surface area contributed by atoms with Gasteiger partial charge in [0.15, 0.2) is 0 Å². The SMILES string of the molecule is CCC1CCN(c2ccc(N(C)C)nc2)CC1. The molecule has 3 nitrogen and oxygen atoms in total. The van der Waals surface area contributed by atoms with Gasteiger partial charge in [-0.05, 0) is 30.9 Å². The molecule has 0 aliphatic carbocycles. The molecule has 0 unspecified atom stereocenters. The van der Waals surface area contributed by atoms with Gasteiger partial charge in [0, 0.05) is 27.2 Å². The molecule has 0 atom stereocenters. The van der Waals surface area contributed by atoms with Gasteiger partial charge < -0.3 is 9.80 Å². The highest BCUT2D eigenvalue weighted by molar-refractivity contribution is 5.50. The average Bonchev–Trinajstić information content (AvgIpc) is 2.39. The highest BCUT2D eigenvalue weighted by atomic mass is 15.2. The van der Waals surface area contributed by atoms with E-state index in [1.165, 1.54) is 38.0 Å². The first-order chi connectivity index (χ1) is 8.20. The maximum atomic E-state index is 4.48. The van der Waals surface area contributed by atoms with Crippen molar-refractivity contribution in [1.29, 1.82) is 0 Å². The molecule has 1 fully saturated rings. The molecule has 0 radical (unpaired) electrons. The Hall–Kier alpha value is -1.25. The van der Waals surface area contributed by atoms with E-state index in [1.807, 2.05) is 25.2 Å². The van der Waals surface area contributed by atoms with Crippen LogP contribution in [0.2, 0.25) is 0 Å². The first-order valence-electron chi connectivity index (χ1n) is 6.59. The average molecular weight is 233 g/mol. The van der Waals surface area contributed by atoms with E-state index in [1.54, 1.807) is 0 Å². The van der Waals surface area contributed by atoms with E-state index in [0.717, 1.165) is 11.7 Å². The molecule has 3 heteroatoms. The maximum Gasteiger partial charge on any atom is 0.128 e. The lowest BCUT2D eigenvalue weighted by Gasteiger charge is -2.33. The fraction of sp³-hybridized carbons (Fsp3) is 0.643. The Morgan fingerprint density at radius 2 is 2.00 bits per heavy atom. The van der Waals surface area contributed by atoms with Crippen LogP contribution in [0.25, 0.3) is 0 Å². The Morgan fingerprint density at radius 1 is 1.29 bits per heavy atom. The summed E-state index contributed by atoms with van der Waals surface area (Å²) in [5.74, 6) is 1.96. The molecule has 1 aliphatic heterocycles. The van der Waals surface area contributed by atoms with Crippen molar-refractivity contribution < 1.29 is 0 Å². The third kappa shape index (κ3) is 2.90. The maximum absolute atomic E-state index is 4.48. The zero-order valence-corrected chi connectivity index (χ0v) is 11.2. The smallest absolute Gasteiger partial charge is 0.128 e. The summed E-state index contributed by atoms with van der Waals surface area (Å²) in [4.78, 5) is 8.97. The number of hydrogen-bond acceptors (Lipinski definition) is 3. The summed E-state index contributed by atoms with van der Waals surface area (Å²) in [6.45, 7) is 4.66.